The molecule has 1 aliphatic heterocycles. The second kappa shape index (κ2) is 5.40. The molecule has 1 atom stereocenters. The van der Waals surface area contributed by atoms with Crippen LogP contribution in [0, 0.1) is 0 Å². The molecule has 0 aliphatic carbocycles. The summed E-state index contributed by atoms with van der Waals surface area (Å²) in [6.45, 7) is 3.44. The second-order valence-corrected chi connectivity index (χ2v) is 4.76. The average molecular weight is 248 g/mol. The number of carbonyl (C=O) groups is 1. The van der Waals surface area contributed by atoms with Gasteiger partial charge in [-0.3, -0.25) is 4.79 Å². The first-order valence-corrected chi connectivity index (χ1v) is 6.29. The number of hydrogen-bond acceptors (Lipinski definition) is 3. The first-order chi connectivity index (χ1) is 8.59. The van der Waals surface area contributed by atoms with Crippen LogP contribution in [0.5, 0.6) is 0 Å². The van der Waals surface area contributed by atoms with Crippen LogP contribution >= 0.6 is 0 Å². The summed E-state index contributed by atoms with van der Waals surface area (Å²) in [5.41, 5.74) is 1.81. The molecule has 4 heteroatoms. The van der Waals surface area contributed by atoms with E-state index < -0.39 is 0 Å². The molecule has 1 aromatic carbocycles. The first-order valence-electron chi connectivity index (χ1n) is 6.29. The summed E-state index contributed by atoms with van der Waals surface area (Å²) in [6.07, 6.45) is 0.783. The highest BCUT2D eigenvalue weighted by Crippen LogP contribution is 2.17. The van der Waals surface area contributed by atoms with Crippen LogP contribution in [0.3, 0.4) is 0 Å². The van der Waals surface area contributed by atoms with Crippen LogP contribution < -0.4 is 4.90 Å². The van der Waals surface area contributed by atoms with E-state index in [1.54, 1.807) is 4.90 Å². The Morgan fingerprint density at radius 2 is 2.00 bits per heavy atom. The summed E-state index contributed by atoms with van der Waals surface area (Å²) in [5, 5.41) is 0. The lowest BCUT2D eigenvalue weighted by molar-refractivity contribution is -0.0661. The van der Waals surface area contributed by atoms with Crippen LogP contribution in [0.1, 0.15) is 23.7 Å². The molecule has 18 heavy (non-hydrogen) atoms. The standard InChI is InChI=1S/C14H20N2O2/c1-11-16(9-4-10-18-11)14(17)12-5-7-13(8-6-12)15(2)3/h5-8,11H,4,9-10H2,1-3H3. The molecular weight excluding hydrogens is 228 g/mol. The molecule has 1 aromatic rings. The third-order valence-corrected chi connectivity index (χ3v) is 3.23. The van der Waals surface area contributed by atoms with E-state index in [0.717, 1.165) is 30.8 Å². The van der Waals surface area contributed by atoms with Crippen LogP contribution in [-0.4, -0.2) is 44.3 Å². The summed E-state index contributed by atoms with van der Waals surface area (Å²) in [5.74, 6) is 0.0486. The molecule has 1 fully saturated rings. The van der Waals surface area contributed by atoms with Gasteiger partial charge in [0.15, 0.2) is 0 Å². The molecule has 1 heterocycles. The lowest BCUT2D eigenvalue weighted by atomic mass is 10.1. The van der Waals surface area contributed by atoms with E-state index in [4.69, 9.17) is 4.74 Å². The molecule has 2 rings (SSSR count). The zero-order valence-electron chi connectivity index (χ0n) is 11.2. The number of ether oxygens (including phenoxy) is 1. The minimum Gasteiger partial charge on any atom is -0.378 e. The third kappa shape index (κ3) is 2.64. The number of rotatable bonds is 2. The van der Waals surface area contributed by atoms with Gasteiger partial charge >= 0.3 is 0 Å². The highest BCUT2D eigenvalue weighted by molar-refractivity contribution is 5.94. The van der Waals surface area contributed by atoms with Crippen molar-refractivity contribution in [1.82, 2.24) is 4.90 Å². The number of amides is 1. The molecule has 4 nitrogen and oxygen atoms in total. The van der Waals surface area contributed by atoms with Crippen molar-refractivity contribution in [2.75, 3.05) is 32.1 Å². The topological polar surface area (TPSA) is 32.8 Å². The van der Waals surface area contributed by atoms with Crippen LogP contribution in [0.4, 0.5) is 5.69 Å². The molecule has 0 aromatic heterocycles. The van der Waals surface area contributed by atoms with Crippen molar-refractivity contribution in [1.29, 1.82) is 0 Å². The van der Waals surface area contributed by atoms with Gasteiger partial charge in [-0.25, -0.2) is 0 Å². The van der Waals surface area contributed by atoms with Gasteiger partial charge in [0, 0.05) is 31.9 Å². The molecule has 0 N–H and O–H groups in total. The zero-order valence-corrected chi connectivity index (χ0v) is 11.2. The van der Waals surface area contributed by atoms with Gasteiger partial charge in [0.05, 0.1) is 6.61 Å². The predicted octanol–water partition coefficient (Wildman–Crippen LogP) is 1.96. The van der Waals surface area contributed by atoms with Crippen molar-refractivity contribution in [2.24, 2.45) is 0 Å². The summed E-state index contributed by atoms with van der Waals surface area (Å²) >= 11 is 0. The van der Waals surface area contributed by atoms with Crippen molar-refractivity contribution in [3.8, 4) is 0 Å². The fourth-order valence-electron chi connectivity index (χ4n) is 2.10. The number of hydrogen-bond donors (Lipinski definition) is 0. The highest BCUT2D eigenvalue weighted by atomic mass is 16.5. The van der Waals surface area contributed by atoms with Crippen molar-refractivity contribution in [2.45, 2.75) is 19.6 Å². The fourth-order valence-corrected chi connectivity index (χ4v) is 2.10. The Labute approximate surface area is 108 Å². The smallest absolute Gasteiger partial charge is 0.255 e. The quantitative estimate of drug-likeness (QED) is 0.802. The molecule has 1 saturated heterocycles. The van der Waals surface area contributed by atoms with E-state index in [0.29, 0.717) is 0 Å². The van der Waals surface area contributed by atoms with E-state index in [9.17, 15) is 4.79 Å². The Balaban J connectivity index is 2.13. The lowest BCUT2D eigenvalue weighted by Gasteiger charge is -2.33. The molecular formula is C14H20N2O2. The maximum absolute atomic E-state index is 12.3. The van der Waals surface area contributed by atoms with Crippen LogP contribution in [0.15, 0.2) is 24.3 Å². The maximum atomic E-state index is 12.3. The Hall–Kier alpha value is -1.55. The molecule has 0 spiro atoms. The first kappa shape index (κ1) is 12.9. The lowest BCUT2D eigenvalue weighted by Crippen LogP contribution is -2.44. The van der Waals surface area contributed by atoms with Gasteiger partial charge in [-0.1, -0.05) is 0 Å². The summed E-state index contributed by atoms with van der Waals surface area (Å²) in [7, 11) is 3.97. The summed E-state index contributed by atoms with van der Waals surface area (Å²) < 4.78 is 5.49. The minimum absolute atomic E-state index is 0.0486. The predicted molar refractivity (Wildman–Crippen MR) is 71.8 cm³/mol. The summed E-state index contributed by atoms with van der Waals surface area (Å²) in [6, 6.07) is 7.67. The average Bonchev–Trinajstić information content (AvgIpc) is 2.38. The van der Waals surface area contributed by atoms with Crippen molar-refractivity contribution in [3.63, 3.8) is 0 Å². The van der Waals surface area contributed by atoms with Gasteiger partial charge in [0.1, 0.15) is 6.23 Å². The van der Waals surface area contributed by atoms with Gasteiger partial charge in [0.25, 0.3) is 5.91 Å². The SMILES string of the molecule is CC1OCCCN1C(=O)c1ccc(N(C)C)cc1. The number of benzene rings is 1. The Kier molecular flexibility index (Phi) is 3.87. The van der Waals surface area contributed by atoms with Crippen molar-refractivity contribution in [3.05, 3.63) is 29.8 Å². The largest absolute Gasteiger partial charge is 0.378 e. The van der Waals surface area contributed by atoms with E-state index in [-0.39, 0.29) is 12.1 Å². The third-order valence-electron chi connectivity index (χ3n) is 3.23. The van der Waals surface area contributed by atoms with E-state index in [2.05, 4.69) is 0 Å². The second-order valence-electron chi connectivity index (χ2n) is 4.76. The van der Waals surface area contributed by atoms with Crippen LogP contribution in [0.25, 0.3) is 0 Å². The molecule has 0 radical (unpaired) electrons. The molecule has 0 saturated carbocycles. The van der Waals surface area contributed by atoms with E-state index in [1.165, 1.54) is 0 Å². The van der Waals surface area contributed by atoms with Crippen molar-refractivity contribution >= 4 is 11.6 Å². The van der Waals surface area contributed by atoms with Crippen LogP contribution in [0.2, 0.25) is 0 Å². The molecule has 0 bridgehead atoms. The number of carbonyl (C=O) groups excluding carboxylic acids is 1. The fraction of sp³-hybridized carbons (Fsp3) is 0.500. The molecule has 1 amide bonds. The number of anilines is 1. The van der Waals surface area contributed by atoms with Gasteiger partial charge in [-0.05, 0) is 37.6 Å². The normalized spacial score (nSPS) is 19.7. The van der Waals surface area contributed by atoms with E-state index >= 15 is 0 Å². The maximum Gasteiger partial charge on any atom is 0.255 e. The van der Waals surface area contributed by atoms with Gasteiger partial charge in [-0.15, -0.1) is 0 Å². The highest BCUT2D eigenvalue weighted by Gasteiger charge is 2.24. The Morgan fingerprint density at radius 3 is 2.56 bits per heavy atom. The number of nitrogens with zero attached hydrogens (tertiary/aromatic N) is 2. The van der Waals surface area contributed by atoms with Gasteiger partial charge in [0.2, 0.25) is 0 Å². The zero-order chi connectivity index (χ0) is 13.1. The van der Waals surface area contributed by atoms with E-state index in [1.807, 2.05) is 50.2 Å². The monoisotopic (exact) mass is 248 g/mol. The van der Waals surface area contributed by atoms with Gasteiger partial charge < -0.3 is 14.5 Å². The summed E-state index contributed by atoms with van der Waals surface area (Å²) in [4.78, 5) is 16.1. The molecule has 98 valence electrons. The van der Waals surface area contributed by atoms with Crippen molar-refractivity contribution < 1.29 is 9.53 Å². The van der Waals surface area contributed by atoms with Gasteiger partial charge in [-0.2, -0.15) is 0 Å². The molecule has 1 aliphatic rings. The Bertz CT molecular complexity index is 414. The van der Waals surface area contributed by atoms with Crippen LogP contribution in [-0.2, 0) is 4.74 Å². The minimum atomic E-state index is -0.125. The Morgan fingerprint density at radius 1 is 1.33 bits per heavy atom. The molecule has 1 unspecified atom stereocenters.